The Morgan fingerprint density at radius 2 is 1.91 bits per heavy atom. The van der Waals surface area contributed by atoms with Gasteiger partial charge in [0.2, 0.25) is 0 Å². The largest absolute Gasteiger partial charge is 0.497 e. The standard InChI is InChI=1S/C17H13FN2O3/c1-22-12-8-6-11(7-9-12)16-10-15(20-23-16)17(21)19-14-5-3-2-4-13(14)18/h2-10H,1H3,(H,19,21). The highest BCUT2D eigenvalue weighted by Crippen LogP contribution is 2.23. The number of methoxy groups -OCH3 is 1. The molecule has 2 aromatic carbocycles. The molecule has 1 amide bonds. The summed E-state index contributed by atoms with van der Waals surface area (Å²) in [6.07, 6.45) is 0. The summed E-state index contributed by atoms with van der Waals surface area (Å²) in [7, 11) is 1.58. The zero-order chi connectivity index (χ0) is 16.2. The van der Waals surface area contributed by atoms with Gasteiger partial charge in [-0.2, -0.15) is 0 Å². The van der Waals surface area contributed by atoms with Gasteiger partial charge in [-0.05, 0) is 36.4 Å². The Morgan fingerprint density at radius 3 is 2.61 bits per heavy atom. The number of anilines is 1. The number of aromatic nitrogens is 1. The molecule has 0 bridgehead atoms. The summed E-state index contributed by atoms with van der Waals surface area (Å²) in [5.41, 5.74) is 0.911. The van der Waals surface area contributed by atoms with E-state index in [1.807, 2.05) is 0 Å². The van der Waals surface area contributed by atoms with Gasteiger partial charge in [0.05, 0.1) is 12.8 Å². The molecular formula is C17H13FN2O3. The van der Waals surface area contributed by atoms with Crippen LogP contribution in [0.5, 0.6) is 5.75 Å². The second kappa shape index (κ2) is 6.31. The second-order valence-electron chi connectivity index (χ2n) is 4.74. The van der Waals surface area contributed by atoms with Crippen molar-refractivity contribution in [2.24, 2.45) is 0 Å². The van der Waals surface area contributed by atoms with Gasteiger partial charge >= 0.3 is 0 Å². The molecule has 1 aromatic heterocycles. The van der Waals surface area contributed by atoms with E-state index in [0.717, 1.165) is 5.56 Å². The summed E-state index contributed by atoms with van der Waals surface area (Å²) >= 11 is 0. The summed E-state index contributed by atoms with van der Waals surface area (Å²) in [6, 6.07) is 14.5. The Hall–Kier alpha value is -3.15. The Bertz CT molecular complexity index is 828. The predicted octanol–water partition coefficient (Wildman–Crippen LogP) is 3.74. The maximum Gasteiger partial charge on any atom is 0.277 e. The highest BCUT2D eigenvalue weighted by molar-refractivity contribution is 6.03. The lowest BCUT2D eigenvalue weighted by Gasteiger charge is -2.03. The van der Waals surface area contributed by atoms with Gasteiger partial charge in [-0.3, -0.25) is 4.79 Å². The molecule has 0 saturated carbocycles. The Labute approximate surface area is 131 Å². The van der Waals surface area contributed by atoms with Crippen molar-refractivity contribution < 1.29 is 18.4 Å². The SMILES string of the molecule is COc1ccc(-c2cc(C(=O)Nc3ccccc3F)no2)cc1. The molecule has 6 heteroatoms. The number of hydrogen-bond acceptors (Lipinski definition) is 4. The minimum absolute atomic E-state index is 0.0686. The van der Waals surface area contributed by atoms with Crippen LogP contribution in [-0.2, 0) is 0 Å². The lowest BCUT2D eigenvalue weighted by Crippen LogP contribution is -2.13. The number of ether oxygens (including phenoxy) is 1. The first-order valence-corrected chi connectivity index (χ1v) is 6.84. The van der Waals surface area contributed by atoms with Crippen LogP contribution in [0.2, 0.25) is 0 Å². The van der Waals surface area contributed by atoms with E-state index in [1.165, 1.54) is 18.2 Å². The average Bonchev–Trinajstić information content (AvgIpc) is 3.07. The molecule has 1 N–H and O–H groups in total. The highest BCUT2D eigenvalue weighted by Gasteiger charge is 2.15. The fourth-order valence-electron chi connectivity index (χ4n) is 2.02. The van der Waals surface area contributed by atoms with Gasteiger partial charge in [-0.1, -0.05) is 17.3 Å². The van der Waals surface area contributed by atoms with E-state index in [9.17, 15) is 9.18 Å². The number of hydrogen-bond donors (Lipinski definition) is 1. The van der Waals surface area contributed by atoms with Crippen molar-refractivity contribution in [2.75, 3.05) is 12.4 Å². The minimum Gasteiger partial charge on any atom is -0.497 e. The fourth-order valence-corrected chi connectivity index (χ4v) is 2.02. The molecule has 0 radical (unpaired) electrons. The number of rotatable bonds is 4. The summed E-state index contributed by atoms with van der Waals surface area (Å²) in [6.45, 7) is 0. The number of carbonyl (C=O) groups excluding carboxylic acids is 1. The second-order valence-corrected chi connectivity index (χ2v) is 4.74. The van der Waals surface area contributed by atoms with Gasteiger partial charge in [0.25, 0.3) is 5.91 Å². The molecule has 116 valence electrons. The van der Waals surface area contributed by atoms with Crippen LogP contribution in [0.4, 0.5) is 10.1 Å². The number of benzene rings is 2. The van der Waals surface area contributed by atoms with Crippen LogP contribution in [0.3, 0.4) is 0 Å². The van der Waals surface area contributed by atoms with Gasteiger partial charge in [-0.25, -0.2) is 4.39 Å². The first kappa shape index (κ1) is 14.8. The molecule has 0 unspecified atom stereocenters. The number of halogens is 1. The van der Waals surface area contributed by atoms with Crippen LogP contribution in [0.25, 0.3) is 11.3 Å². The smallest absolute Gasteiger partial charge is 0.277 e. The Balaban J connectivity index is 1.78. The van der Waals surface area contributed by atoms with Crippen LogP contribution in [0.1, 0.15) is 10.5 Å². The van der Waals surface area contributed by atoms with Gasteiger partial charge in [0.1, 0.15) is 11.6 Å². The van der Waals surface area contributed by atoms with E-state index in [2.05, 4.69) is 10.5 Å². The summed E-state index contributed by atoms with van der Waals surface area (Å²) in [5, 5.41) is 6.17. The van der Waals surface area contributed by atoms with Crippen LogP contribution in [0, 0.1) is 5.82 Å². The first-order valence-electron chi connectivity index (χ1n) is 6.84. The van der Waals surface area contributed by atoms with Crippen molar-refractivity contribution >= 4 is 11.6 Å². The summed E-state index contributed by atoms with van der Waals surface area (Å²) in [4.78, 5) is 12.1. The van der Waals surface area contributed by atoms with Crippen molar-refractivity contribution in [3.05, 3.63) is 66.1 Å². The van der Waals surface area contributed by atoms with E-state index in [0.29, 0.717) is 11.5 Å². The zero-order valence-corrected chi connectivity index (χ0v) is 12.2. The molecule has 0 atom stereocenters. The molecule has 23 heavy (non-hydrogen) atoms. The monoisotopic (exact) mass is 312 g/mol. The molecule has 0 fully saturated rings. The predicted molar refractivity (Wildman–Crippen MR) is 82.8 cm³/mol. The van der Waals surface area contributed by atoms with Crippen molar-refractivity contribution in [3.8, 4) is 17.1 Å². The molecule has 5 nitrogen and oxygen atoms in total. The van der Waals surface area contributed by atoms with E-state index >= 15 is 0 Å². The van der Waals surface area contributed by atoms with Crippen LogP contribution >= 0.6 is 0 Å². The number of carbonyl (C=O) groups is 1. The fraction of sp³-hybridized carbons (Fsp3) is 0.0588. The van der Waals surface area contributed by atoms with E-state index in [1.54, 1.807) is 43.5 Å². The highest BCUT2D eigenvalue weighted by atomic mass is 19.1. The number of nitrogens with one attached hydrogen (secondary N) is 1. The van der Waals surface area contributed by atoms with Crippen molar-refractivity contribution in [1.82, 2.24) is 5.16 Å². The summed E-state index contributed by atoms with van der Waals surface area (Å²) in [5.74, 6) is 0.0930. The van der Waals surface area contributed by atoms with E-state index in [-0.39, 0.29) is 11.4 Å². The first-order chi connectivity index (χ1) is 11.2. The molecule has 3 rings (SSSR count). The molecule has 0 spiro atoms. The molecule has 0 aliphatic heterocycles. The van der Waals surface area contributed by atoms with Gasteiger partial charge in [0.15, 0.2) is 11.5 Å². The van der Waals surface area contributed by atoms with Gasteiger partial charge < -0.3 is 14.6 Å². The van der Waals surface area contributed by atoms with Gasteiger partial charge in [0, 0.05) is 11.6 Å². The molecule has 3 aromatic rings. The van der Waals surface area contributed by atoms with E-state index < -0.39 is 11.7 Å². The summed E-state index contributed by atoms with van der Waals surface area (Å²) < 4.78 is 23.8. The Morgan fingerprint density at radius 1 is 1.17 bits per heavy atom. The number of nitrogens with zero attached hydrogens (tertiary/aromatic N) is 1. The van der Waals surface area contributed by atoms with Crippen molar-refractivity contribution in [2.45, 2.75) is 0 Å². The van der Waals surface area contributed by atoms with Crippen LogP contribution in [-0.4, -0.2) is 18.2 Å². The third kappa shape index (κ3) is 3.21. The molecule has 1 heterocycles. The molecule has 0 saturated heterocycles. The van der Waals surface area contributed by atoms with Crippen LogP contribution < -0.4 is 10.1 Å². The van der Waals surface area contributed by atoms with Crippen molar-refractivity contribution in [1.29, 1.82) is 0 Å². The molecule has 0 aliphatic carbocycles. The average molecular weight is 312 g/mol. The van der Waals surface area contributed by atoms with E-state index in [4.69, 9.17) is 9.26 Å². The zero-order valence-electron chi connectivity index (χ0n) is 12.2. The topological polar surface area (TPSA) is 64.4 Å². The lowest BCUT2D eigenvalue weighted by molar-refractivity contribution is 0.101. The third-order valence-electron chi connectivity index (χ3n) is 3.24. The van der Waals surface area contributed by atoms with Crippen LogP contribution in [0.15, 0.2) is 59.1 Å². The maximum atomic E-state index is 13.5. The number of para-hydroxylation sites is 1. The van der Waals surface area contributed by atoms with Gasteiger partial charge in [-0.15, -0.1) is 0 Å². The molecular weight excluding hydrogens is 299 g/mol. The Kier molecular flexibility index (Phi) is 4.05. The quantitative estimate of drug-likeness (QED) is 0.797. The normalized spacial score (nSPS) is 10.3. The molecule has 0 aliphatic rings. The minimum atomic E-state index is -0.543. The number of amides is 1. The van der Waals surface area contributed by atoms with Crippen molar-refractivity contribution in [3.63, 3.8) is 0 Å². The maximum absolute atomic E-state index is 13.5. The third-order valence-corrected chi connectivity index (χ3v) is 3.24. The lowest BCUT2D eigenvalue weighted by atomic mass is 10.1.